The normalized spacial score (nSPS) is 19.1. The monoisotopic (exact) mass is 355 g/mol. The minimum atomic E-state index is 0.151. The fourth-order valence-electron chi connectivity index (χ4n) is 4.39. The van der Waals surface area contributed by atoms with Crippen LogP contribution >= 0.6 is 0 Å². The van der Waals surface area contributed by atoms with Gasteiger partial charge >= 0.3 is 6.98 Å². The van der Waals surface area contributed by atoms with Gasteiger partial charge in [-0.15, -0.1) is 0 Å². The summed E-state index contributed by atoms with van der Waals surface area (Å²) < 4.78 is 6.09. The Kier molecular flexibility index (Phi) is 3.57. The maximum absolute atomic E-state index is 6.09. The lowest BCUT2D eigenvalue weighted by atomic mass is 9.61. The van der Waals surface area contributed by atoms with Crippen molar-refractivity contribution in [3.05, 3.63) is 78.2 Å². The van der Waals surface area contributed by atoms with Gasteiger partial charge in [0.25, 0.3) is 0 Å². The Hall–Kier alpha value is -3.08. The molecule has 1 atom stereocenters. The van der Waals surface area contributed by atoms with Crippen LogP contribution in [-0.2, 0) is 0 Å². The van der Waals surface area contributed by atoms with Crippen LogP contribution in [0.3, 0.4) is 0 Å². The Morgan fingerprint density at radius 1 is 0.963 bits per heavy atom. The quantitative estimate of drug-likeness (QED) is 0.607. The molecule has 5 rings (SSSR count). The zero-order valence-electron chi connectivity index (χ0n) is 15.8. The summed E-state index contributed by atoms with van der Waals surface area (Å²) in [4.78, 5) is 7.06. The minimum Gasteiger partial charge on any atom is -0.455 e. The summed E-state index contributed by atoms with van der Waals surface area (Å²) in [5, 5.41) is 1.17. The average Bonchev–Trinajstić information content (AvgIpc) is 3.23. The van der Waals surface area contributed by atoms with Crippen molar-refractivity contribution in [3.8, 4) is 0 Å². The molecule has 2 aliphatic heterocycles. The molecule has 4 nitrogen and oxygen atoms in total. The second kappa shape index (κ2) is 5.98. The van der Waals surface area contributed by atoms with Gasteiger partial charge in [-0.05, 0) is 51.2 Å². The van der Waals surface area contributed by atoms with Crippen molar-refractivity contribution in [2.75, 3.05) is 16.8 Å². The molecule has 27 heavy (non-hydrogen) atoms. The van der Waals surface area contributed by atoms with Crippen LogP contribution in [0.4, 0.5) is 11.4 Å². The Morgan fingerprint density at radius 2 is 1.70 bits per heavy atom. The maximum Gasteiger partial charge on any atom is 0.408 e. The number of hydrogen-bond acceptors (Lipinski definition) is 4. The first kappa shape index (κ1) is 16.1. The first-order valence-corrected chi connectivity index (χ1v) is 9.37. The highest BCUT2D eigenvalue weighted by molar-refractivity contribution is 6.70. The first-order valence-electron chi connectivity index (χ1n) is 9.37. The molecule has 2 aromatic carbocycles. The number of fused-ring (bicyclic) bond motifs is 3. The summed E-state index contributed by atoms with van der Waals surface area (Å²) in [7, 11) is 2.16. The Balaban J connectivity index is 1.52. The van der Waals surface area contributed by atoms with Crippen LogP contribution in [0.25, 0.3) is 17.0 Å². The van der Waals surface area contributed by atoms with Crippen LogP contribution in [0, 0.1) is 0 Å². The molecule has 1 aromatic heterocycles. The molecule has 0 amide bonds. The van der Waals surface area contributed by atoms with Crippen LogP contribution in [0.5, 0.6) is 0 Å². The molecule has 0 radical (unpaired) electrons. The largest absolute Gasteiger partial charge is 0.455 e. The summed E-state index contributed by atoms with van der Waals surface area (Å²) in [5.74, 6) is 0.947. The van der Waals surface area contributed by atoms with Crippen LogP contribution in [0.1, 0.15) is 19.6 Å². The highest BCUT2D eigenvalue weighted by Gasteiger charge is 2.40. The van der Waals surface area contributed by atoms with E-state index >= 15 is 0 Å². The topological polar surface area (TPSA) is 22.9 Å². The summed E-state index contributed by atoms with van der Waals surface area (Å²) in [5.41, 5.74) is 4.59. The number of para-hydroxylation sites is 2. The van der Waals surface area contributed by atoms with Gasteiger partial charge in [-0.1, -0.05) is 35.8 Å². The third kappa shape index (κ3) is 2.38. The zero-order chi connectivity index (χ0) is 18.5. The van der Waals surface area contributed by atoms with E-state index in [1.807, 2.05) is 12.1 Å². The Morgan fingerprint density at radius 3 is 2.52 bits per heavy atom. The van der Waals surface area contributed by atoms with E-state index in [9.17, 15) is 0 Å². The molecule has 0 fully saturated rings. The van der Waals surface area contributed by atoms with Gasteiger partial charge in [0.15, 0.2) is 0 Å². The van der Waals surface area contributed by atoms with Gasteiger partial charge in [-0.2, -0.15) is 0 Å². The van der Waals surface area contributed by atoms with E-state index in [1.54, 1.807) is 0 Å². The lowest BCUT2D eigenvalue weighted by molar-refractivity contribution is 0.474. The minimum absolute atomic E-state index is 0.151. The number of anilines is 2. The van der Waals surface area contributed by atoms with Crippen molar-refractivity contribution >= 4 is 35.4 Å². The lowest BCUT2D eigenvalue weighted by Gasteiger charge is -2.40. The van der Waals surface area contributed by atoms with Gasteiger partial charge in [0.1, 0.15) is 11.3 Å². The van der Waals surface area contributed by atoms with Crippen LogP contribution in [0.2, 0.25) is 0 Å². The van der Waals surface area contributed by atoms with Gasteiger partial charge < -0.3 is 18.9 Å². The van der Waals surface area contributed by atoms with Gasteiger partial charge in [0.2, 0.25) is 0 Å². The molecule has 0 spiro atoms. The highest BCUT2D eigenvalue weighted by Crippen LogP contribution is 2.40. The van der Waals surface area contributed by atoms with E-state index in [2.05, 4.69) is 96.4 Å². The first-order chi connectivity index (χ1) is 13.1. The summed E-state index contributed by atoms with van der Waals surface area (Å²) >= 11 is 0. The number of benzene rings is 2. The molecule has 0 saturated carbocycles. The van der Waals surface area contributed by atoms with Gasteiger partial charge in [0.05, 0.1) is 11.9 Å². The summed E-state index contributed by atoms with van der Waals surface area (Å²) in [6.45, 7) is 4.58. The second-order valence-corrected chi connectivity index (χ2v) is 7.30. The second-order valence-electron chi connectivity index (χ2n) is 7.30. The fraction of sp³-hybridized carbons (Fsp3) is 0.182. The van der Waals surface area contributed by atoms with Crippen molar-refractivity contribution in [2.45, 2.75) is 20.0 Å². The summed E-state index contributed by atoms with van der Waals surface area (Å²) in [6, 6.07) is 18.8. The molecule has 0 aliphatic carbocycles. The molecule has 0 unspecified atom stereocenters. The fourth-order valence-corrected chi connectivity index (χ4v) is 4.39. The van der Waals surface area contributed by atoms with E-state index in [4.69, 9.17) is 4.42 Å². The van der Waals surface area contributed by atoms with Crippen molar-refractivity contribution in [1.82, 2.24) is 4.81 Å². The number of nitrogens with zero attached hydrogens (tertiary/aromatic N) is 3. The van der Waals surface area contributed by atoms with E-state index in [1.165, 1.54) is 22.2 Å². The van der Waals surface area contributed by atoms with Gasteiger partial charge in [-0.3, -0.25) is 0 Å². The molecule has 2 aliphatic rings. The molecule has 134 valence electrons. The van der Waals surface area contributed by atoms with Crippen molar-refractivity contribution < 1.29 is 4.42 Å². The predicted molar refractivity (Wildman–Crippen MR) is 113 cm³/mol. The van der Waals surface area contributed by atoms with E-state index < -0.39 is 0 Å². The van der Waals surface area contributed by atoms with E-state index in [0.717, 1.165) is 11.3 Å². The number of furan rings is 1. The Bertz CT molecular complexity index is 1060. The Labute approximate surface area is 160 Å². The van der Waals surface area contributed by atoms with Crippen molar-refractivity contribution in [3.63, 3.8) is 0 Å². The van der Waals surface area contributed by atoms with Crippen LogP contribution in [0.15, 0.2) is 76.9 Å². The molecule has 0 saturated heterocycles. The SMILES string of the molecule is CC1=Cc2oc3ccccc3c2N(C)B1N1C=CN(c2ccccc2)[C@@H]1C. The molecule has 3 heterocycles. The molecule has 0 N–H and O–H groups in total. The van der Waals surface area contributed by atoms with Crippen LogP contribution < -0.4 is 9.71 Å². The van der Waals surface area contributed by atoms with E-state index in [-0.39, 0.29) is 13.1 Å². The molecular weight excluding hydrogens is 333 g/mol. The van der Waals surface area contributed by atoms with Gasteiger partial charge in [-0.25, -0.2) is 0 Å². The molecule has 3 aromatic rings. The predicted octanol–water partition coefficient (Wildman–Crippen LogP) is 4.95. The standard InChI is InChI=1S/C22H22BN3O/c1-16-15-21-22(19-11-7-8-12-20(19)27-21)24(3)23(16)26-14-13-25(17(26)2)18-9-5-4-6-10-18/h4-15,17H,1-3H3/t17-/m0/s1. The maximum atomic E-state index is 6.09. The lowest BCUT2D eigenvalue weighted by Crippen LogP contribution is -2.55. The number of rotatable bonds is 2. The average molecular weight is 355 g/mol. The molecular formula is C22H22BN3O. The number of hydrogen-bond donors (Lipinski definition) is 0. The highest BCUT2D eigenvalue weighted by atomic mass is 16.3. The number of allylic oxidation sites excluding steroid dienone is 1. The van der Waals surface area contributed by atoms with Crippen molar-refractivity contribution in [2.24, 2.45) is 0 Å². The van der Waals surface area contributed by atoms with E-state index in [0.29, 0.717) is 0 Å². The third-order valence-corrected chi connectivity index (χ3v) is 5.65. The van der Waals surface area contributed by atoms with Gasteiger partial charge in [0, 0.05) is 23.5 Å². The van der Waals surface area contributed by atoms with Crippen molar-refractivity contribution in [1.29, 1.82) is 0 Å². The molecule has 5 heteroatoms. The molecule has 0 bridgehead atoms. The van der Waals surface area contributed by atoms with Crippen LogP contribution in [-0.4, -0.2) is 25.0 Å². The third-order valence-electron chi connectivity index (χ3n) is 5.65. The zero-order valence-corrected chi connectivity index (χ0v) is 15.8. The smallest absolute Gasteiger partial charge is 0.408 e. The summed E-state index contributed by atoms with van der Waals surface area (Å²) in [6.07, 6.45) is 6.78.